The van der Waals surface area contributed by atoms with Gasteiger partial charge in [-0.1, -0.05) is 40.0 Å². The second-order valence-electron chi connectivity index (χ2n) is 4.75. The van der Waals surface area contributed by atoms with Gasteiger partial charge in [-0.05, 0) is 25.7 Å². The molecule has 0 rings (SSSR count). The third kappa shape index (κ3) is 4.97. The molecule has 0 aliphatic carbocycles. The van der Waals surface area contributed by atoms with Crippen molar-refractivity contribution < 1.29 is 10.2 Å². The molecule has 0 bridgehead atoms. The predicted molar refractivity (Wildman–Crippen MR) is 60.2 cm³/mol. The molecule has 3 unspecified atom stereocenters. The van der Waals surface area contributed by atoms with E-state index < -0.39 is 11.7 Å². The maximum absolute atomic E-state index is 9.95. The van der Waals surface area contributed by atoms with Gasteiger partial charge in [-0.2, -0.15) is 0 Å². The second-order valence-corrected chi connectivity index (χ2v) is 4.75. The minimum Gasteiger partial charge on any atom is -0.390 e. The maximum atomic E-state index is 9.95. The highest BCUT2D eigenvalue weighted by atomic mass is 16.3. The minimum absolute atomic E-state index is 0.498. The highest BCUT2D eigenvalue weighted by molar-refractivity contribution is 4.82. The highest BCUT2D eigenvalue weighted by Gasteiger charge is 2.29. The van der Waals surface area contributed by atoms with Crippen molar-refractivity contribution in [2.45, 2.75) is 71.5 Å². The highest BCUT2D eigenvalue weighted by Crippen LogP contribution is 2.23. The van der Waals surface area contributed by atoms with Crippen LogP contribution in [0.15, 0.2) is 0 Å². The Morgan fingerprint density at radius 3 is 2.21 bits per heavy atom. The Balaban J connectivity index is 3.98. The van der Waals surface area contributed by atoms with E-state index in [0.29, 0.717) is 18.8 Å². The van der Waals surface area contributed by atoms with Crippen LogP contribution in [-0.4, -0.2) is 21.9 Å². The Bertz CT molecular complexity index is 143. The lowest BCUT2D eigenvalue weighted by molar-refractivity contribution is -0.0761. The van der Waals surface area contributed by atoms with Crippen molar-refractivity contribution >= 4 is 0 Å². The molecule has 0 aliphatic heterocycles. The van der Waals surface area contributed by atoms with Crippen molar-refractivity contribution in [2.75, 3.05) is 0 Å². The first-order chi connectivity index (χ1) is 6.44. The third-order valence-corrected chi connectivity index (χ3v) is 2.88. The van der Waals surface area contributed by atoms with Crippen LogP contribution in [0.4, 0.5) is 0 Å². The molecule has 0 amide bonds. The summed E-state index contributed by atoms with van der Waals surface area (Å²) in [6, 6.07) is 0. The van der Waals surface area contributed by atoms with Crippen LogP contribution in [-0.2, 0) is 0 Å². The first-order valence-corrected chi connectivity index (χ1v) is 5.84. The smallest absolute Gasteiger partial charge is 0.0877 e. The topological polar surface area (TPSA) is 40.5 Å². The van der Waals surface area contributed by atoms with Crippen LogP contribution >= 0.6 is 0 Å². The summed E-state index contributed by atoms with van der Waals surface area (Å²) in [5.41, 5.74) is -0.906. The number of aliphatic hydroxyl groups is 2. The largest absolute Gasteiger partial charge is 0.390 e. The van der Waals surface area contributed by atoms with Gasteiger partial charge in [0.1, 0.15) is 0 Å². The average Bonchev–Trinajstić information content (AvgIpc) is 2.04. The lowest BCUT2D eigenvalue weighted by Gasteiger charge is -2.30. The normalized spacial score (nSPS) is 20.1. The molecule has 0 aromatic heterocycles. The van der Waals surface area contributed by atoms with E-state index in [4.69, 9.17) is 0 Å². The fourth-order valence-corrected chi connectivity index (χ4v) is 1.92. The lowest BCUT2D eigenvalue weighted by Crippen LogP contribution is -2.40. The Hall–Kier alpha value is -0.0800. The van der Waals surface area contributed by atoms with Crippen molar-refractivity contribution in [3.8, 4) is 0 Å². The van der Waals surface area contributed by atoms with E-state index in [-0.39, 0.29) is 0 Å². The van der Waals surface area contributed by atoms with E-state index in [2.05, 4.69) is 13.8 Å². The minimum atomic E-state index is -0.906. The Labute approximate surface area is 88.3 Å². The molecule has 2 nitrogen and oxygen atoms in total. The molecule has 2 heteroatoms. The van der Waals surface area contributed by atoms with E-state index in [9.17, 15) is 10.2 Å². The van der Waals surface area contributed by atoms with E-state index in [0.717, 1.165) is 19.3 Å². The van der Waals surface area contributed by atoms with Crippen LogP contribution in [0.1, 0.15) is 59.8 Å². The summed E-state index contributed by atoms with van der Waals surface area (Å²) >= 11 is 0. The number of aliphatic hydroxyl groups excluding tert-OH is 1. The summed E-state index contributed by atoms with van der Waals surface area (Å²) in [5, 5.41) is 19.8. The first-order valence-electron chi connectivity index (χ1n) is 5.84. The molecular formula is C12H26O2. The van der Waals surface area contributed by atoms with Crippen LogP contribution in [0.2, 0.25) is 0 Å². The van der Waals surface area contributed by atoms with E-state index in [1.807, 2.05) is 6.92 Å². The van der Waals surface area contributed by atoms with Crippen LogP contribution < -0.4 is 0 Å². The monoisotopic (exact) mass is 202 g/mol. The molecule has 0 aromatic carbocycles. The van der Waals surface area contributed by atoms with Crippen molar-refractivity contribution in [3.05, 3.63) is 0 Å². The molecule has 14 heavy (non-hydrogen) atoms. The molecule has 0 aromatic rings. The lowest BCUT2D eigenvalue weighted by atomic mass is 9.86. The molecule has 0 radical (unpaired) electrons. The van der Waals surface area contributed by atoms with E-state index in [1.54, 1.807) is 6.92 Å². The Kier molecular flexibility index (Phi) is 6.38. The molecule has 0 heterocycles. The first kappa shape index (κ1) is 13.9. The Morgan fingerprint density at radius 1 is 1.21 bits per heavy atom. The van der Waals surface area contributed by atoms with Crippen molar-refractivity contribution in [3.63, 3.8) is 0 Å². The van der Waals surface area contributed by atoms with Gasteiger partial charge in [-0.25, -0.2) is 0 Å². The second kappa shape index (κ2) is 6.41. The number of hydrogen-bond donors (Lipinski definition) is 2. The quantitative estimate of drug-likeness (QED) is 0.666. The summed E-state index contributed by atoms with van der Waals surface area (Å²) in [6.45, 7) is 8.04. The van der Waals surface area contributed by atoms with Gasteiger partial charge >= 0.3 is 0 Å². The van der Waals surface area contributed by atoms with E-state index >= 15 is 0 Å². The third-order valence-electron chi connectivity index (χ3n) is 2.88. The summed E-state index contributed by atoms with van der Waals surface area (Å²) in [6.07, 6.45) is 3.98. The molecule has 86 valence electrons. The summed E-state index contributed by atoms with van der Waals surface area (Å²) in [5.74, 6) is 0.498. The zero-order valence-electron chi connectivity index (χ0n) is 10.1. The predicted octanol–water partition coefficient (Wildman–Crippen LogP) is 2.72. The standard InChI is InChI=1S/C12H26O2/c1-5-7-10(3)9-11(13)12(4,14)8-6-2/h10-11,13-14H,5-9H2,1-4H3. The van der Waals surface area contributed by atoms with Gasteiger partial charge in [0, 0.05) is 0 Å². The van der Waals surface area contributed by atoms with Gasteiger partial charge in [0.2, 0.25) is 0 Å². The summed E-state index contributed by atoms with van der Waals surface area (Å²) < 4.78 is 0. The zero-order chi connectivity index (χ0) is 11.2. The van der Waals surface area contributed by atoms with Gasteiger partial charge < -0.3 is 10.2 Å². The van der Waals surface area contributed by atoms with Crippen LogP contribution in [0.5, 0.6) is 0 Å². The molecule has 0 saturated carbocycles. The fourth-order valence-electron chi connectivity index (χ4n) is 1.92. The molecule has 0 aliphatic rings. The van der Waals surface area contributed by atoms with Gasteiger partial charge in [0.25, 0.3) is 0 Å². The molecule has 0 fully saturated rings. The fraction of sp³-hybridized carbons (Fsp3) is 1.00. The van der Waals surface area contributed by atoms with Crippen LogP contribution in [0.3, 0.4) is 0 Å². The average molecular weight is 202 g/mol. The van der Waals surface area contributed by atoms with Gasteiger partial charge in [-0.15, -0.1) is 0 Å². The van der Waals surface area contributed by atoms with Crippen molar-refractivity contribution in [1.82, 2.24) is 0 Å². The van der Waals surface area contributed by atoms with Gasteiger partial charge in [0.15, 0.2) is 0 Å². The molecule has 3 atom stereocenters. The summed E-state index contributed by atoms with van der Waals surface area (Å²) in [7, 11) is 0. The SMILES string of the molecule is CCCC(C)CC(O)C(C)(O)CCC. The molecule has 0 saturated heterocycles. The molecule has 2 N–H and O–H groups in total. The van der Waals surface area contributed by atoms with Crippen molar-refractivity contribution in [1.29, 1.82) is 0 Å². The number of rotatable bonds is 7. The van der Waals surface area contributed by atoms with Gasteiger partial charge in [-0.3, -0.25) is 0 Å². The summed E-state index contributed by atoms with van der Waals surface area (Å²) in [4.78, 5) is 0. The van der Waals surface area contributed by atoms with Gasteiger partial charge in [0.05, 0.1) is 11.7 Å². The van der Waals surface area contributed by atoms with Crippen LogP contribution in [0, 0.1) is 5.92 Å². The maximum Gasteiger partial charge on any atom is 0.0877 e. The zero-order valence-corrected chi connectivity index (χ0v) is 10.1. The Morgan fingerprint density at radius 2 is 1.79 bits per heavy atom. The molecular weight excluding hydrogens is 176 g/mol. The van der Waals surface area contributed by atoms with Crippen LogP contribution in [0.25, 0.3) is 0 Å². The van der Waals surface area contributed by atoms with Crippen molar-refractivity contribution in [2.24, 2.45) is 5.92 Å². The molecule has 0 spiro atoms. The van der Waals surface area contributed by atoms with E-state index in [1.165, 1.54) is 0 Å². The number of hydrogen-bond acceptors (Lipinski definition) is 2.